The van der Waals surface area contributed by atoms with Gasteiger partial charge in [0, 0.05) is 11.9 Å². The van der Waals surface area contributed by atoms with Gasteiger partial charge in [-0.1, -0.05) is 11.6 Å². The third-order valence-corrected chi connectivity index (χ3v) is 2.20. The van der Waals surface area contributed by atoms with Crippen molar-refractivity contribution < 1.29 is 24.2 Å². The summed E-state index contributed by atoms with van der Waals surface area (Å²) >= 11 is 5.71. The van der Waals surface area contributed by atoms with Crippen molar-refractivity contribution in [3.05, 3.63) is 39.4 Å². The van der Waals surface area contributed by atoms with E-state index in [1.54, 1.807) is 24.3 Å². The van der Waals surface area contributed by atoms with Gasteiger partial charge >= 0.3 is 5.97 Å². The minimum atomic E-state index is -0.960. The fourth-order valence-electron chi connectivity index (χ4n) is 1.21. The first kappa shape index (κ1) is 15.0. The molecule has 0 unspecified atom stereocenters. The smallest absolute Gasteiger partial charge is 0.303 e. The van der Waals surface area contributed by atoms with Crippen LogP contribution in [0.4, 0.5) is 0 Å². The van der Waals surface area contributed by atoms with E-state index in [4.69, 9.17) is 21.1 Å². The van der Waals surface area contributed by atoms with Crippen LogP contribution in [0.2, 0.25) is 5.02 Å². The maximum atomic E-state index is 10.8. The molecule has 1 aromatic carbocycles. The van der Waals surface area contributed by atoms with E-state index in [0.29, 0.717) is 10.8 Å². The van der Waals surface area contributed by atoms with Crippen LogP contribution in [0.5, 0.6) is 5.75 Å². The molecule has 1 atom stereocenters. The fourth-order valence-corrected chi connectivity index (χ4v) is 1.34. The van der Waals surface area contributed by atoms with E-state index in [2.05, 4.69) is 4.84 Å². The summed E-state index contributed by atoms with van der Waals surface area (Å²) in [4.78, 5) is 25.1. The summed E-state index contributed by atoms with van der Waals surface area (Å²) in [6, 6.07) is 6.51. The number of benzene rings is 1. The number of esters is 1. The molecule has 1 aromatic rings. The van der Waals surface area contributed by atoms with Crippen LogP contribution >= 0.6 is 11.6 Å². The standard InChI is InChI=1S/C11H12ClNO6/c1-8(14)19-11(7-18-13(15)16)6-17-10-4-2-9(12)3-5-10/h2-5,11H,6-7H2,1H3/t11-/m0/s1. The van der Waals surface area contributed by atoms with Crippen molar-refractivity contribution in [2.24, 2.45) is 0 Å². The largest absolute Gasteiger partial charge is 0.490 e. The van der Waals surface area contributed by atoms with Crippen LogP contribution in [0.1, 0.15) is 6.92 Å². The Morgan fingerprint density at radius 2 is 2.00 bits per heavy atom. The lowest BCUT2D eigenvalue weighted by molar-refractivity contribution is -0.759. The number of carbonyl (C=O) groups excluding carboxylic acids is 1. The molecule has 7 nitrogen and oxygen atoms in total. The van der Waals surface area contributed by atoms with Crippen molar-refractivity contribution in [1.82, 2.24) is 0 Å². The van der Waals surface area contributed by atoms with Crippen molar-refractivity contribution in [3.8, 4) is 5.75 Å². The molecule has 0 radical (unpaired) electrons. The Morgan fingerprint density at radius 1 is 1.37 bits per heavy atom. The van der Waals surface area contributed by atoms with Crippen molar-refractivity contribution >= 4 is 17.6 Å². The highest BCUT2D eigenvalue weighted by Crippen LogP contribution is 2.15. The van der Waals surface area contributed by atoms with Crippen LogP contribution in [-0.2, 0) is 14.4 Å². The van der Waals surface area contributed by atoms with Crippen LogP contribution in [0.15, 0.2) is 24.3 Å². The molecule has 0 aliphatic rings. The van der Waals surface area contributed by atoms with Crippen molar-refractivity contribution in [2.75, 3.05) is 13.2 Å². The highest BCUT2D eigenvalue weighted by Gasteiger charge is 2.15. The summed E-state index contributed by atoms with van der Waals surface area (Å²) in [5.74, 6) is -0.0701. The van der Waals surface area contributed by atoms with E-state index in [9.17, 15) is 14.9 Å². The molecule has 0 aliphatic carbocycles. The van der Waals surface area contributed by atoms with Gasteiger partial charge in [-0.15, -0.1) is 10.1 Å². The zero-order chi connectivity index (χ0) is 14.3. The molecule has 19 heavy (non-hydrogen) atoms. The Kier molecular flexibility index (Phi) is 5.87. The molecule has 0 saturated heterocycles. The molecule has 1 rings (SSSR count). The van der Waals surface area contributed by atoms with Gasteiger partial charge < -0.3 is 14.3 Å². The summed E-state index contributed by atoms with van der Waals surface area (Å²) in [7, 11) is 0. The molecule has 0 saturated carbocycles. The van der Waals surface area contributed by atoms with E-state index in [0.717, 1.165) is 0 Å². The maximum Gasteiger partial charge on any atom is 0.303 e. The second kappa shape index (κ2) is 7.42. The average Bonchev–Trinajstić information content (AvgIpc) is 2.34. The molecule has 0 aliphatic heterocycles. The van der Waals surface area contributed by atoms with E-state index < -0.39 is 17.2 Å². The van der Waals surface area contributed by atoms with Gasteiger partial charge in [-0.25, -0.2) is 0 Å². The van der Waals surface area contributed by atoms with Crippen LogP contribution in [0.3, 0.4) is 0 Å². The van der Waals surface area contributed by atoms with Gasteiger partial charge in [0.1, 0.15) is 19.0 Å². The lowest BCUT2D eigenvalue weighted by Gasteiger charge is -2.16. The molecule has 0 bridgehead atoms. The minimum absolute atomic E-state index is 0.0605. The predicted octanol–water partition coefficient (Wildman–Crippen LogP) is 1.86. The lowest BCUT2D eigenvalue weighted by atomic mass is 10.3. The van der Waals surface area contributed by atoms with Gasteiger partial charge in [-0.05, 0) is 24.3 Å². The first-order chi connectivity index (χ1) is 8.97. The second-order valence-corrected chi connectivity index (χ2v) is 3.95. The Bertz CT molecular complexity index is 435. The second-order valence-electron chi connectivity index (χ2n) is 3.52. The van der Waals surface area contributed by atoms with E-state index >= 15 is 0 Å². The van der Waals surface area contributed by atoms with E-state index in [1.807, 2.05) is 0 Å². The van der Waals surface area contributed by atoms with Gasteiger partial charge in [-0.3, -0.25) is 4.79 Å². The SMILES string of the molecule is CC(=O)O[C@@H](COc1ccc(Cl)cc1)CO[N+](=O)[O-]. The topological polar surface area (TPSA) is 87.9 Å². The molecule has 104 valence electrons. The number of halogens is 1. The lowest BCUT2D eigenvalue weighted by Crippen LogP contribution is -2.30. The fraction of sp³-hybridized carbons (Fsp3) is 0.364. The Hall–Kier alpha value is -2.02. The van der Waals surface area contributed by atoms with Gasteiger partial charge in [0.25, 0.3) is 5.09 Å². The first-order valence-corrected chi connectivity index (χ1v) is 5.68. The van der Waals surface area contributed by atoms with Gasteiger partial charge in [0.05, 0.1) is 0 Å². The molecule has 0 fully saturated rings. The first-order valence-electron chi connectivity index (χ1n) is 5.30. The van der Waals surface area contributed by atoms with Crippen LogP contribution in [0, 0.1) is 10.1 Å². The highest BCUT2D eigenvalue weighted by atomic mass is 35.5. The summed E-state index contributed by atoms with van der Waals surface area (Å²) in [6.07, 6.45) is -0.862. The molecular weight excluding hydrogens is 278 g/mol. The normalized spacial score (nSPS) is 11.5. The Morgan fingerprint density at radius 3 is 2.53 bits per heavy atom. The molecule has 0 aromatic heterocycles. The molecule has 0 heterocycles. The number of carbonyl (C=O) groups is 1. The monoisotopic (exact) mass is 289 g/mol. The van der Waals surface area contributed by atoms with Crippen LogP contribution in [-0.4, -0.2) is 30.4 Å². The number of hydrogen-bond donors (Lipinski definition) is 0. The predicted molar refractivity (Wildman–Crippen MR) is 65.4 cm³/mol. The highest BCUT2D eigenvalue weighted by molar-refractivity contribution is 6.30. The molecular formula is C11H12ClNO6. The molecule has 8 heteroatoms. The Labute approximate surface area is 114 Å². The molecule has 0 amide bonds. The van der Waals surface area contributed by atoms with Gasteiger partial charge in [-0.2, -0.15) is 0 Å². The zero-order valence-corrected chi connectivity index (χ0v) is 10.8. The van der Waals surface area contributed by atoms with Gasteiger partial charge in [0.15, 0.2) is 6.10 Å². The third-order valence-electron chi connectivity index (χ3n) is 1.95. The van der Waals surface area contributed by atoms with Crippen molar-refractivity contribution in [1.29, 1.82) is 0 Å². The molecule has 0 spiro atoms. The number of ether oxygens (including phenoxy) is 2. The number of nitrogens with zero attached hydrogens (tertiary/aromatic N) is 1. The van der Waals surface area contributed by atoms with Crippen molar-refractivity contribution in [2.45, 2.75) is 13.0 Å². The minimum Gasteiger partial charge on any atom is -0.490 e. The maximum absolute atomic E-state index is 10.8. The molecule has 0 N–H and O–H groups in total. The van der Waals surface area contributed by atoms with Crippen LogP contribution in [0.25, 0.3) is 0 Å². The van der Waals surface area contributed by atoms with Gasteiger partial charge in [0.2, 0.25) is 0 Å². The summed E-state index contributed by atoms with van der Waals surface area (Å²) in [5.41, 5.74) is 0. The number of rotatable bonds is 7. The third kappa shape index (κ3) is 6.46. The number of hydrogen-bond acceptors (Lipinski definition) is 6. The zero-order valence-electron chi connectivity index (χ0n) is 10.1. The van der Waals surface area contributed by atoms with E-state index in [-0.39, 0.29) is 13.2 Å². The Balaban J connectivity index is 2.49. The van der Waals surface area contributed by atoms with E-state index in [1.165, 1.54) is 6.92 Å². The summed E-state index contributed by atoms with van der Waals surface area (Å²) in [6.45, 7) is 0.747. The summed E-state index contributed by atoms with van der Waals surface area (Å²) < 4.78 is 10.1. The average molecular weight is 290 g/mol. The summed E-state index contributed by atoms with van der Waals surface area (Å²) in [5, 5.41) is 9.69. The quantitative estimate of drug-likeness (QED) is 0.432. The van der Waals surface area contributed by atoms with Crippen LogP contribution < -0.4 is 4.74 Å². The van der Waals surface area contributed by atoms with Crippen molar-refractivity contribution in [3.63, 3.8) is 0 Å².